The molecule has 3 unspecified atom stereocenters. The second-order valence-electron chi connectivity index (χ2n) is 13.1. The number of rotatable bonds is 14. The minimum atomic E-state index is -5.21. The summed E-state index contributed by atoms with van der Waals surface area (Å²) in [5, 5.41) is 18.5. The number of benzene rings is 2. The Morgan fingerprint density at radius 3 is 2.20 bits per heavy atom. The monoisotopic (exact) mass is 655 g/mol. The predicted octanol–water partition coefficient (Wildman–Crippen LogP) is 3.29. The number of urea groups is 1. The van der Waals surface area contributed by atoms with Gasteiger partial charge in [-0.15, -0.1) is 0 Å². The molecule has 6 atom stereocenters. The van der Waals surface area contributed by atoms with Gasteiger partial charge in [0.2, 0.25) is 11.8 Å². The van der Waals surface area contributed by atoms with Crippen LogP contribution >= 0.6 is 0 Å². The van der Waals surface area contributed by atoms with E-state index in [9.17, 15) is 32.5 Å². The molecule has 2 aliphatic rings. The minimum absolute atomic E-state index is 0.0358. The van der Waals surface area contributed by atoms with Crippen LogP contribution in [0.1, 0.15) is 69.9 Å². The lowest BCUT2D eigenvalue weighted by Gasteiger charge is -2.41. The Bertz CT molecular complexity index is 1410. The number of nitrogens with one attached hydrogen (secondary N) is 3. The average molecular weight is 656 g/mol. The SMILES string of the molecule is CC(C)C[C@H](NC(=O)N(Cc1ccccc1)C1CCCCC1Cc1ccccc1)C(=O)N[C@@H](C[C@@H]1CCNC1=O)C(O)S(=O)(=O)[O-]. The second-order valence-corrected chi connectivity index (χ2v) is 14.5. The standard InChI is InChI=1S/C34H48N4O7S/c1-23(2)19-28(32(40)36-29(33(41)46(43,44)45)21-27-17-18-35-31(27)39)37-34(42)38(22-25-13-7-4-8-14-25)30-16-10-9-15-26(30)20-24-11-5-3-6-12-24/h3-8,11-14,23,26-30,33,41H,9-10,15-22H2,1-2H3,(H,35,39)(H,36,40)(H,37,42)(H,43,44,45)/p-1/t26?,27-,28-,29-,30?,33?/m0/s1. The van der Waals surface area contributed by atoms with Crippen molar-refractivity contribution in [3.8, 4) is 0 Å². The van der Waals surface area contributed by atoms with Crippen molar-refractivity contribution in [3.63, 3.8) is 0 Å². The van der Waals surface area contributed by atoms with Gasteiger partial charge < -0.3 is 30.5 Å². The van der Waals surface area contributed by atoms with E-state index in [1.807, 2.05) is 67.3 Å². The van der Waals surface area contributed by atoms with Gasteiger partial charge in [0.25, 0.3) is 0 Å². The van der Waals surface area contributed by atoms with Gasteiger partial charge in [-0.3, -0.25) is 9.59 Å². The molecule has 46 heavy (non-hydrogen) atoms. The minimum Gasteiger partial charge on any atom is -0.746 e. The van der Waals surface area contributed by atoms with Crippen molar-refractivity contribution in [2.45, 2.75) is 95.3 Å². The van der Waals surface area contributed by atoms with E-state index in [0.29, 0.717) is 19.5 Å². The maximum atomic E-state index is 14.2. The number of carbonyl (C=O) groups is 3. The van der Waals surface area contributed by atoms with Crippen LogP contribution < -0.4 is 16.0 Å². The second kappa shape index (κ2) is 16.4. The highest BCUT2D eigenvalue weighted by Crippen LogP contribution is 2.32. The summed E-state index contributed by atoms with van der Waals surface area (Å²) < 4.78 is 35.4. The predicted molar refractivity (Wildman–Crippen MR) is 173 cm³/mol. The van der Waals surface area contributed by atoms with Crippen LogP contribution in [0.25, 0.3) is 0 Å². The zero-order valence-corrected chi connectivity index (χ0v) is 27.5. The number of hydrogen-bond donors (Lipinski definition) is 4. The zero-order valence-electron chi connectivity index (χ0n) is 26.6. The van der Waals surface area contributed by atoms with Crippen molar-refractivity contribution in [1.29, 1.82) is 0 Å². The van der Waals surface area contributed by atoms with E-state index in [4.69, 9.17) is 0 Å². The van der Waals surface area contributed by atoms with Crippen molar-refractivity contribution < 1.29 is 32.5 Å². The molecule has 1 saturated carbocycles. The van der Waals surface area contributed by atoms with Crippen LogP contribution in [0.2, 0.25) is 0 Å². The number of aliphatic hydroxyl groups is 1. The highest BCUT2D eigenvalue weighted by atomic mass is 32.2. The molecular formula is C34H47N4O7S-. The molecule has 4 amide bonds. The third kappa shape index (κ3) is 10.0. The molecule has 252 valence electrons. The quantitative estimate of drug-likeness (QED) is 0.227. The van der Waals surface area contributed by atoms with Gasteiger partial charge in [0.05, 0.1) is 6.04 Å². The van der Waals surface area contributed by atoms with E-state index < -0.39 is 45.5 Å². The van der Waals surface area contributed by atoms with Gasteiger partial charge in [0.15, 0.2) is 5.44 Å². The van der Waals surface area contributed by atoms with Gasteiger partial charge >= 0.3 is 6.03 Å². The van der Waals surface area contributed by atoms with Gasteiger partial charge in [-0.2, -0.15) is 0 Å². The summed E-state index contributed by atoms with van der Waals surface area (Å²) >= 11 is 0. The van der Waals surface area contributed by atoms with Crippen molar-refractivity contribution in [2.24, 2.45) is 17.8 Å². The Balaban J connectivity index is 1.58. The van der Waals surface area contributed by atoms with Crippen LogP contribution in [0.15, 0.2) is 60.7 Å². The fourth-order valence-electron chi connectivity index (χ4n) is 6.72. The summed E-state index contributed by atoms with van der Waals surface area (Å²) in [6, 6.07) is 16.8. The Kier molecular flexibility index (Phi) is 12.6. The Hall–Kier alpha value is -3.48. The van der Waals surface area contributed by atoms with E-state index in [1.54, 1.807) is 0 Å². The van der Waals surface area contributed by atoms with Gasteiger partial charge in [-0.25, -0.2) is 13.2 Å². The fraction of sp³-hybridized carbons (Fsp3) is 0.559. The lowest BCUT2D eigenvalue weighted by Crippen LogP contribution is -2.58. The molecule has 11 nitrogen and oxygen atoms in total. The first-order valence-corrected chi connectivity index (χ1v) is 17.7. The fourth-order valence-corrected chi connectivity index (χ4v) is 7.30. The topological polar surface area (TPSA) is 168 Å². The number of amides is 4. The number of carbonyl (C=O) groups excluding carboxylic acids is 3. The van der Waals surface area contributed by atoms with E-state index in [1.165, 1.54) is 5.56 Å². The first-order valence-electron chi connectivity index (χ1n) is 16.3. The van der Waals surface area contributed by atoms with E-state index in [2.05, 4.69) is 28.1 Å². The molecule has 1 aliphatic carbocycles. The van der Waals surface area contributed by atoms with E-state index in [-0.39, 0.29) is 36.6 Å². The maximum absolute atomic E-state index is 14.2. The van der Waals surface area contributed by atoms with Crippen molar-refractivity contribution in [3.05, 3.63) is 71.8 Å². The molecule has 0 radical (unpaired) electrons. The molecule has 1 aliphatic heterocycles. The van der Waals surface area contributed by atoms with Crippen molar-refractivity contribution in [2.75, 3.05) is 6.54 Å². The largest absolute Gasteiger partial charge is 0.746 e. The normalized spacial score (nSPS) is 22.0. The zero-order chi connectivity index (χ0) is 33.3. The van der Waals surface area contributed by atoms with E-state index in [0.717, 1.165) is 37.7 Å². The summed E-state index contributed by atoms with van der Waals surface area (Å²) in [4.78, 5) is 42.0. The van der Waals surface area contributed by atoms with E-state index >= 15 is 0 Å². The third-order valence-electron chi connectivity index (χ3n) is 9.06. The summed E-state index contributed by atoms with van der Waals surface area (Å²) in [5.41, 5.74) is -0.300. The molecule has 2 aromatic rings. The third-order valence-corrected chi connectivity index (χ3v) is 9.98. The van der Waals surface area contributed by atoms with Gasteiger partial charge in [0.1, 0.15) is 16.2 Å². The van der Waals surface area contributed by atoms with Crippen LogP contribution in [0.4, 0.5) is 4.79 Å². The van der Waals surface area contributed by atoms with Gasteiger partial charge in [0, 0.05) is 25.0 Å². The van der Waals surface area contributed by atoms with Crippen molar-refractivity contribution in [1.82, 2.24) is 20.9 Å². The van der Waals surface area contributed by atoms with Gasteiger partial charge in [-0.1, -0.05) is 87.4 Å². The average Bonchev–Trinajstić information content (AvgIpc) is 3.43. The van der Waals surface area contributed by atoms with Crippen LogP contribution in [0, 0.1) is 17.8 Å². The molecule has 2 aromatic carbocycles. The lowest BCUT2D eigenvalue weighted by atomic mass is 9.79. The molecule has 2 fully saturated rings. The van der Waals surface area contributed by atoms with Gasteiger partial charge in [-0.05, 0) is 61.5 Å². The Morgan fingerprint density at radius 1 is 0.978 bits per heavy atom. The molecule has 4 N–H and O–H groups in total. The Labute approximate surface area is 272 Å². The number of aliphatic hydroxyl groups excluding tert-OH is 1. The molecule has 0 aromatic heterocycles. The first-order chi connectivity index (χ1) is 21.9. The summed E-state index contributed by atoms with van der Waals surface area (Å²) in [7, 11) is -5.21. The molecule has 1 saturated heterocycles. The Morgan fingerprint density at radius 2 is 1.61 bits per heavy atom. The highest BCUT2D eigenvalue weighted by Gasteiger charge is 2.37. The van der Waals surface area contributed by atoms with Crippen LogP contribution in [-0.4, -0.2) is 70.9 Å². The first kappa shape index (κ1) is 35.4. The summed E-state index contributed by atoms with van der Waals surface area (Å²) in [6.45, 7) is 4.50. The molecule has 1 heterocycles. The smallest absolute Gasteiger partial charge is 0.318 e. The van der Waals surface area contributed by atoms with Crippen LogP contribution in [0.5, 0.6) is 0 Å². The highest BCUT2D eigenvalue weighted by molar-refractivity contribution is 7.86. The molecule has 0 bridgehead atoms. The van der Waals surface area contributed by atoms with Crippen molar-refractivity contribution >= 4 is 28.0 Å². The van der Waals surface area contributed by atoms with Crippen LogP contribution in [0.3, 0.4) is 0 Å². The summed E-state index contributed by atoms with van der Waals surface area (Å²) in [6.07, 6.45) is 5.02. The number of hydrogen-bond acceptors (Lipinski definition) is 7. The molecule has 0 spiro atoms. The maximum Gasteiger partial charge on any atom is 0.318 e. The molecular weight excluding hydrogens is 608 g/mol. The summed E-state index contributed by atoms with van der Waals surface area (Å²) in [5.74, 6) is -1.56. The molecule has 12 heteroatoms. The number of nitrogens with zero attached hydrogens (tertiary/aromatic N) is 1. The molecule has 4 rings (SSSR count). The van der Waals surface area contributed by atoms with Crippen LogP contribution in [-0.2, 0) is 32.7 Å². The lowest BCUT2D eigenvalue weighted by molar-refractivity contribution is -0.126.